The number of hydrogen-bond donors (Lipinski definition) is 0. The Morgan fingerprint density at radius 1 is 1.19 bits per heavy atom. The molecule has 0 amide bonds. The van der Waals surface area contributed by atoms with Crippen LogP contribution in [0.4, 0.5) is 10.1 Å². The van der Waals surface area contributed by atoms with Crippen LogP contribution in [0.15, 0.2) is 46.9 Å². The zero-order valence-corrected chi connectivity index (χ0v) is 13.0. The summed E-state index contributed by atoms with van der Waals surface area (Å²) in [7, 11) is 1.92. The molecule has 4 nitrogen and oxygen atoms in total. The van der Waals surface area contributed by atoms with E-state index in [-0.39, 0.29) is 0 Å². The zero-order chi connectivity index (χ0) is 15.4. The van der Waals surface area contributed by atoms with Crippen molar-refractivity contribution in [3.05, 3.63) is 74.0 Å². The SMILES string of the molecule is CN(Cc1cccc(Br)c1)Cc1ccc([N+](=O)[O-])c(F)c1. The highest BCUT2D eigenvalue weighted by molar-refractivity contribution is 9.10. The Bertz CT molecular complexity index is 664. The van der Waals surface area contributed by atoms with Gasteiger partial charge >= 0.3 is 5.69 Å². The molecule has 2 rings (SSSR count). The topological polar surface area (TPSA) is 46.4 Å². The van der Waals surface area contributed by atoms with Crippen LogP contribution in [0.25, 0.3) is 0 Å². The Morgan fingerprint density at radius 3 is 2.43 bits per heavy atom. The van der Waals surface area contributed by atoms with Gasteiger partial charge in [0.2, 0.25) is 5.82 Å². The normalized spacial score (nSPS) is 10.9. The second-order valence-electron chi connectivity index (χ2n) is 4.85. The minimum Gasteiger partial charge on any atom is -0.298 e. The number of rotatable bonds is 5. The Kier molecular flexibility index (Phi) is 5.03. The molecule has 0 saturated carbocycles. The molecule has 0 unspecified atom stereocenters. The largest absolute Gasteiger partial charge is 0.304 e. The number of nitro benzene ring substituents is 1. The molecule has 21 heavy (non-hydrogen) atoms. The lowest BCUT2D eigenvalue weighted by Crippen LogP contribution is -2.17. The van der Waals surface area contributed by atoms with E-state index in [1.165, 1.54) is 12.1 Å². The van der Waals surface area contributed by atoms with Crippen molar-refractivity contribution >= 4 is 21.6 Å². The maximum absolute atomic E-state index is 13.6. The minimum absolute atomic E-state index is 0.492. The average Bonchev–Trinajstić information content (AvgIpc) is 2.38. The Morgan fingerprint density at radius 2 is 1.86 bits per heavy atom. The van der Waals surface area contributed by atoms with Crippen LogP contribution >= 0.6 is 15.9 Å². The monoisotopic (exact) mass is 352 g/mol. The molecule has 2 aromatic rings. The van der Waals surface area contributed by atoms with Crippen LogP contribution in [0.5, 0.6) is 0 Å². The van der Waals surface area contributed by atoms with Crippen molar-refractivity contribution in [1.82, 2.24) is 4.90 Å². The zero-order valence-electron chi connectivity index (χ0n) is 11.4. The van der Waals surface area contributed by atoms with Gasteiger partial charge in [-0.3, -0.25) is 15.0 Å². The molecule has 110 valence electrons. The van der Waals surface area contributed by atoms with Gasteiger partial charge in [0.25, 0.3) is 0 Å². The highest BCUT2D eigenvalue weighted by Crippen LogP contribution is 2.19. The summed E-state index contributed by atoms with van der Waals surface area (Å²) in [5.74, 6) is -0.798. The van der Waals surface area contributed by atoms with Gasteiger partial charge in [-0.25, -0.2) is 0 Å². The van der Waals surface area contributed by atoms with Gasteiger partial charge in [-0.1, -0.05) is 34.1 Å². The van der Waals surface area contributed by atoms with Crippen LogP contribution in [0.2, 0.25) is 0 Å². The van der Waals surface area contributed by atoms with E-state index >= 15 is 0 Å². The lowest BCUT2D eigenvalue weighted by atomic mass is 10.1. The third-order valence-electron chi connectivity index (χ3n) is 3.00. The molecule has 0 atom stereocenters. The molecule has 0 heterocycles. The first-order valence-corrected chi connectivity index (χ1v) is 7.11. The second kappa shape index (κ2) is 6.78. The Balaban J connectivity index is 2.04. The highest BCUT2D eigenvalue weighted by Gasteiger charge is 2.14. The van der Waals surface area contributed by atoms with Crippen LogP contribution in [0.3, 0.4) is 0 Å². The van der Waals surface area contributed by atoms with Gasteiger partial charge < -0.3 is 0 Å². The number of nitrogens with zero attached hydrogens (tertiary/aromatic N) is 2. The summed E-state index contributed by atoms with van der Waals surface area (Å²) in [5.41, 5.74) is 1.35. The summed E-state index contributed by atoms with van der Waals surface area (Å²) in [5, 5.41) is 10.6. The van der Waals surface area contributed by atoms with Gasteiger partial charge in [0.1, 0.15) is 0 Å². The first-order valence-electron chi connectivity index (χ1n) is 6.31. The second-order valence-corrected chi connectivity index (χ2v) is 5.76. The fourth-order valence-corrected chi connectivity index (χ4v) is 2.56. The van der Waals surface area contributed by atoms with Crippen molar-refractivity contribution in [2.45, 2.75) is 13.1 Å². The summed E-state index contributed by atoms with van der Waals surface area (Å²) in [6.45, 7) is 1.22. The first kappa shape index (κ1) is 15.6. The first-order chi connectivity index (χ1) is 9.95. The molecule has 0 bridgehead atoms. The molecule has 0 aliphatic heterocycles. The van der Waals surface area contributed by atoms with Gasteiger partial charge in [-0.05, 0) is 36.4 Å². The lowest BCUT2D eigenvalue weighted by molar-refractivity contribution is -0.387. The van der Waals surface area contributed by atoms with Gasteiger partial charge in [-0.15, -0.1) is 0 Å². The van der Waals surface area contributed by atoms with E-state index in [0.717, 1.165) is 10.0 Å². The van der Waals surface area contributed by atoms with Crippen LogP contribution < -0.4 is 0 Å². The van der Waals surface area contributed by atoms with Gasteiger partial charge in [0, 0.05) is 23.6 Å². The minimum atomic E-state index is -0.798. The standard InChI is InChI=1S/C15H14BrFN2O2/c1-18(9-11-3-2-4-13(16)7-11)10-12-5-6-15(19(20)21)14(17)8-12/h2-8H,9-10H2,1H3. The van der Waals surface area contributed by atoms with Crippen LogP contribution in [0.1, 0.15) is 11.1 Å². The molecule has 0 N–H and O–H groups in total. The molecule has 0 aliphatic rings. The molecule has 0 radical (unpaired) electrons. The van der Waals surface area contributed by atoms with Crippen LogP contribution in [-0.4, -0.2) is 16.9 Å². The lowest BCUT2D eigenvalue weighted by Gasteiger charge is -2.17. The maximum atomic E-state index is 13.6. The maximum Gasteiger partial charge on any atom is 0.304 e. The van der Waals surface area contributed by atoms with E-state index in [2.05, 4.69) is 15.9 Å². The number of nitro groups is 1. The molecule has 2 aromatic carbocycles. The smallest absolute Gasteiger partial charge is 0.298 e. The summed E-state index contributed by atoms with van der Waals surface area (Å²) < 4.78 is 14.6. The van der Waals surface area contributed by atoms with E-state index in [1.807, 2.05) is 36.2 Å². The molecule has 0 aliphatic carbocycles. The molecule has 0 fully saturated rings. The quantitative estimate of drug-likeness (QED) is 0.600. The summed E-state index contributed by atoms with van der Waals surface area (Å²) >= 11 is 3.42. The third kappa shape index (κ3) is 4.34. The Hall–Kier alpha value is -1.79. The Labute approximate surface area is 130 Å². The molecule has 0 aromatic heterocycles. The van der Waals surface area contributed by atoms with Crippen molar-refractivity contribution < 1.29 is 9.31 Å². The number of benzene rings is 2. The van der Waals surface area contributed by atoms with Crippen molar-refractivity contribution in [3.8, 4) is 0 Å². The predicted molar refractivity (Wildman–Crippen MR) is 82.4 cm³/mol. The van der Waals surface area contributed by atoms with Crippen molar-refractivity contribution in [3.63, 3.8) is 0 Å². The van der Waals surface area contributed by atoms with E-state index in [9.17, 15) is 14.5 Å². The highest BCUT2D eigenvalue weighted by atomic mass is 79.9. The van der Waals surface area contributed by atoms with E-state index in [4.69, 9.17) is 0 Å². The summed E-state index contributed by atoms with van der Waals surface area (Å²) in [4.78, 5) is 11.9. The van der Waals surface area contributed by atoms with Crippen LogP contribution in [0, 0.1) is 15.9 Å². The average molecular weight is 353 g/mol. The van der Waals surface area contributed by atoms with Gasteiger partial charge in [0.15, 0.2) is 0 Å². The van der Waals surface area contributed by atoms with E-state index < -0.39 is 16.4 Å². The van der Waals surface area contributed by atoms with Gasteiger partial charge in [0.05, 0.1) is 4.92 Å². The molecule has 6 heteroatoms. The predicted octanol–water partition coefficient (Wildman–Crippen LogP) is 4.13. The molecular formula is C15H14BrFN2O2. The van der Waals surface area contributed by atoms with Gasteiger partial charge in [-0.2, -0.15) is 4.39 Å². The van der Waals surface area contributed by atoms with Crippen LogP contribution in [-0.2, 0) is 13.1 Å². The fourth-order valence-electron chi connectivity index (χ4n) is 2.11. The fraction of sp³-hybridized carbons (Fsp3) is 0.200. The van der Waals surface area contributed by atoms with Crippen molar-refractivity contribution in [1.29, 1.82) is 0 Å². The molecule has 0 spiro atoms. The summed E-state index contributed by atoms with van der Waals surface area (Å²) in [6, 6.07) is 11.9. The summed E-state index contributed by atoms with van der Waals surface area (Å²) in [6.07, 6.45) is 0. The van der Waals surface area contributed by atoms with E-state index in [0.29, 0.717) is 18.7 Å². The third-order valence-corrected chi connectivity index (χ3v) is 3.50. The number of halogens is 2. The van der Waals surface area contributed by atoms with Crippen molar-refractivity contribution in [2.24, 2.45) is 0 Å². The van der Waals surface area contributed by atoms with E-state index in [1.54, 1.807) is 6.07 Å². The molecule has 0 saturated heterocycles. The number of hydrogen-bond acceptors (Lipinski definition) is 3. The molecular weight excluding hydrogens is 339 g/mol. The van der Waals surface area contributed by atoms with Crippen molar-refractivity contribution in [2.75, 3.05) is 7.05 Å².